The van der Waals surface area contributed by atoms with E-state index >= 15 is 0 Å². The highest BCUT2D eigenvalue weighted by molar-refractivity contribution is 5.46. The minimum Gasteiger partial charge on any atom is -0.493 e. The molecule has 4 fully saturated rings. The zero-order valence-corrected chi connectivity index (χ0v) is 21.8. The molecule has 38 heavy (non-hydrogen) atoms. The summed E-state index contributed by atoms with van der Waals surface area (Å²) >= 11 is 0. The average molecular weight is 537 g/mol. The van der Waals surface area contributed by atoms with Crippen LogP contribution in [0, 0.1) is 11.6 Å². The Kier molecular flexibility index (Phi) is 8.12. The maximum Gasteiger partial charge on any atom is 0.207 e. The molecule has 4 aliphatic heterocycles. The second kappa shape index (κ2) is 11.5. The van der Waals surface area contributed by atoms with Gasteiger partial charge in [0.1, 0.15) is 5.82 Å². The number of aromatic nitrogens is 2. The van der Waals surface area contributed by atoms with E-state index in [0.29, 0.717) is 45.3 Å². The molecule has 6 heterocycles. The first-order valence-corrected chi connectivity index (χ1v) is 12.9. The van der Waals surface area contributed by atoms with Crippen LogP contribution in [0.15, 0.2) is 24.5 Å². The molecule has 0 unspecified atom stereocenters. The summed E-state index contributed by atoms with van der Waals surface area (Å²) in [5, 5.41) is 0. The Morgan fingerprint density at radius 3 is 1.82 bits per heavy atom. The van der Waals surface area contributed by atoms with E-state index in [1.165, 1.54) is 26.5 Å². The van der Waals surface area contributed by atoms with Gasteiger partial charge in [-0.2, -0.15) is 4.39 Å². The smallest absolute Gasteiger partial charge is 0.207 e. The van der Waals surface area contributed by atoms with E-state index in [0.717, 1.165) is 44.6 Å². The van der Waals surface area contributed by atoms with Gasteiger partial charge in [-0.1, -0.05) is 0 Å². The van der Waals surface area contributed by atoms with E-state index in [2.05, 4.69) is 14.9 Å². The molecule has 0 aromatic carbocycles. The zero-order valence-electron chi connectivity index (χ0n) is 21.8. The van der Waals surface area contributed by atoms with Crippen LogP contribution in [-0.4, -0.2) is 88.4 Å². The zero-order chi connectivity index (χ0) is 26.6. The Morgan fingerprint density at radius 2 is 1.29 bits per heavy atom. The van der Waals surface area contributed by atoms with Gasteiger partial charge in [-0.3, -0.25) is 0 Å². The molecule has 6 rings (SSSR count). The quantitative estimate of drug-likeness (QED) is 0.581. The van der Waals surface area contributed by atoms with Crippen molar-refractivity contribution in [3.63, 3.8) is 0 Å². The molecule has 0 amide bonds. The molecule has 12 heteroatoms. The molecule has 0 atom stereocenters. The third-order valence-corrected chi connectivity index (χ3v) is 7.38. The lowest BCUT2D eigenvalue weighted by Gasteiger charge is -2.38. The van der Waals surface area contributed by atoms with Gasteiger partial charge in [0.15, 0.2) is 34.7 Å². The van der Waals surface area contributed by atoms with Gasteiger partial charge < -0.3 is 38.2 Å². The van der Waals surface area contributed by atoms with E-state index in [-0.39, 0.29) is 11.5 Å². The third-order valence-electron chi connectivity index (χ3n) is 7.38. The van der Waals surface area contributed by atoms with Crippen LogP contribution >= 0.6 is 0 Å². The monoisotopic (exact) mass is 536 g/mol. The Bertz CT molecular complexity index is 1080. The van der Waals surface area contributed by atoms with Crippen molar-refractivity contribution in [2.45, 2.75) is 37.3 Å². The van der Waals surface area contributed by atoms with Crippen LogP contribution in [-0.2, 0) is 18.9 Å². The molecule has 4 saturated heterocycles. The molecule has 0 saturated carbocycles. The fraction of sp³-hybridized carbons (Fsp3) is 0.615. The molecule has 0 aliphatic carbocycles. The first-order valence-electron chi connectivity index (χ1n) is 12.9. The van der Waals surface area contributed by atoms with Crippen LogP contribution in [0.1, 0.15) is 25.7 Å². The maximum absolute atomic E-state index is 14.1. The fourth-order valence-electron chi connectivity index (χ4n) is 5.24. The summed E-state index contributed by atoms with van der Waals surface area (Å²) in [6.45, 7) is 5.51. The number of hydrogen-bond acceptors (Lipinski definition) is 10. The molecule has 0 radical (unpaired) electrons. The number of rotatable bonds is 4. The topological polar surface area (TPSA) is 87.6 Å². The fourth-order valence-corrected chi connectivity index (χ4v) is 5.24. The van der Waals surface area contributed by atoms with Gasteiger partial charge in [-0.15, -0.1) is 0 Å². The van der Waals surface area contributed by atoms with Crippen molar-refractivity contribution in [3.05, 3.63) is 36.2 Å². The highest BCUT2D eigenvalue weighted by Crippen LogP contribution is 2.35. The van der Waals surface area contributed by atoms with E-state index in [1.54, 1.807) is 12.3 Å². The van der Waals surface area contributed by atoms with Crippen molar-refractivity contribution in [3.8, 4) is 11.5 Å². The lowest BCUT2D eigenvalue weighted by molar-refractivity contribution is -0.169. The van der Waals surface area contributed by atoms with E-state index in [9.17, 15) is 8.78 Å². The molecule has 208 valence electrons. The highest BCUT2D eigenvalue weighted by Gasteiger charge is 2.41. The van der Waals surface area contributed by atoms with Crippen molar-refractivity contribution < 1.29 is 37.2 Å². The Labute approximate surface area is 220 Å². The van der Waals surface area contributed by atoms with Crippen LogP contribution in [0.3, 0.4) is 0 Å². The highest BCUT2D eigenvalue weighted by atomic mass is 19.1. The summed E-state index contributed by atoms with van der Waals surface area (Å²) in [6.07, 6.45) is 5.81. The largest absolute Gasteiger partial charge is 0.493 e. The average Bonchev–Trinajstić information content (AvgIpc) is 3.61. The first-order chi connectivity index (χ1) is 18.5. The number of piperidine rings is 2. The number of nitrogens with zero attached hydrogens (tertiary/aromatic N) is 4. The van der Waals surface area contributed by atoms with Crippen LogP contribution in [0.2, 0.25) is 0 Å². The molecule has 0 bridgehead atoms. The summed E-state index contributed by atoms with van der Waals surface area (Å²) in [5.41, 5.74) is 0. The van der Waals surface area contributed by atoms with Crippen molar-refractivity contribution in [2.24, 2.45) is 0 Å². The lowest BCUT2D eigenvalue weighted by Crippen LogP contribution is -2.45. The van der Waals surface area contributed by atoms with Crippen LogP contribution < -0.4 is 19.3 Å². The lowest BCUT2D eigenvalue weighted by atomic mass is 10.0. The van der Waals surface area contributed by atoms with Crippen molar-refractivity contribution in [1.82, 2.24) is 9.97 Å². The standard InChI is InChI=1S/2C13H17FN2O3/c1-17-10-2-5-15-12(11(10)14)16-6-3-13(4-7-16)18-8-9-19-13;1-17-11-8-12(15-9-10(11)14)16-4-2-13(3-5-16)18-6-7-19-13/h2,5H,3-4,6-9H2,1H3;8-9H,2-7H2,1H3. The van der Waals surface area contributed by atoms with Crippen LogP contribution in [0.25, 0.3) is 0 Å². The second-order valence-corrected chi connectivity index (χ2v) is 9.52. The second-order valence-electron chi connectivity index (χ2n) is 9.52. The number of ether oxygens (including phenoxy) is 6. The summed E-state index contributed by atoms with van der Waals surface area (Å²) in [7, 11) is 2.90. The maximum atomic E-state index is 14.1. The number of halogens is 2. The van der Waals surface area contributed by atoms with Gasteiger partial charge in [0.05, 0.1) is 46.8 Å². The molecule has 2 aromatic rings. The molecule has 2 aromatic heterocycles. The number of hydrogen-bond donors (Lipinski definition) is 0. The Balaban J connectivity index is 0.000000155. The predicted octanol–water partition coefficient (Wildman–Crippen LogP) is 3.15. The third kappa shape index (κ3) is 5.63. The molecule has 10 nitrogen and oxygen atoms in total. The van der Waals surface area contributed by atoms with Crippen LogP contribution in [0.5, 0.6) is 11.5 Å². The van der Waals surface area contributed by atoms with Crippen molar-refractivity contribution in [1.29, 1.82) is 0 Å². The molecular formula is C26H34F2N4O6. The van der Waals surface area contributed by atoms with Gasteiger partial charge in [-0.05, 0) is 0 Å². The minimum absolute atomic E-state index is 0.221. The molecule has 4 aliphatic rings. The summed E-state index contributed by atoms with van der Waals surface area (Å²) < 4.78 is 60.1. The SMILES string of the molecule is COc1cc(N2CCC3(CC2)OCCO3)ncc1F.COc1ccnc(N2CCC3(CC2)OCCO3)c1F. The number of methoxy groups -OCH3 is 2. The first kappa shape index (κ1) is 26.8. The molecular weight excluding hydrogens is 502 g/mol. The van der Waals surface area contributed by atoms with E-state index in [1.807, 2.05) is 4.90 Å². The van der Waals surface area contributed by atoms with E-state index < -0.39 is 23.2 Å². The van der Waals surface area contributed by atoms with Crippen molar-refractivity contribution >= 4 is 11.6 Å². The Morgan fingerprint density at radius 1 is 0.763 bits per heavy atom. The molecule has 2 spiro atoms. The van der Waals surface area contributed by atoms with Gasteiger partial charge in [0.2, 0.25) is 5.82 Å². The molecule has 0 N–H and O–H groups in total. The van der Waals surface area contributed by atoms with Gasteiger partial charge in [0, 0.05) is 70.2 Å². The van der Waals surface area contributed by atoms with Gasteiger partial charge in [0.25, 0.3) is 0 Å². The van der Waals surface area contributed by atoms with Gasteiger partial charge in [-0.25, -0.2) is 14.4 Å². The number of anilines is 2. The van der Waals surface area contributed by atoms with Crippen LogP contribution in [0.4, 0.5) is 20.4 Å². The predicted molar refractivity (Wildman–Crippen MR) is 134 cm³/mol. The normalized spacial score (nSPS) is 21.9. The summed E-state index contributed by atoms with van der Waals surface area (Å²) in [4.78, 5) is 12.2. The minimum atomic E-state index is -0.453. The van der Waals surface area contributed by atoms with E-state index in [4.69, 9.17) is 28.4 Å². The summed E-state index contributed by atoms with van der Waals surface area (Å²) in [6, 6.07) is 3.15. The Hall–Kier alpha value is -2.80. The van der Waals surface area contributed by atoms with Crippen molar-refractivity contribution in [2.75, 3.05) is 76.6 Å². The summed E-state index contributed by atoms with van der Waals surface area (Å²) in [5.74, 6) is -0.195. The number of pyridine rings is 2. The van der Waals surface area contributed by atoms with Gasteiger partial charge >= 0.3 is 0 Å².